The van der Waals surface area contributed by atoms with Crippen molar-refractivity contribution in [2.24, 2.45) is 5.41 Å². The molecule has 0 aliphatic carbocycles. The first kappa shape index (κ1) is 27.1. The number of rotatable bonds is 9. The molecule has 0 saturated carbocycles. The predicted molar refractivity (Wildman–Crippen MR) is 126 cm³/mol. The number of carboxylic acids is 1. The number of amides is 1. The molecule has 0 atom stereocenters. The number of hydrogen-bond donors (Lipinski definition) is 3. The Labute approximate surface area is 201 Å². The van der Waals surface area contributed by atoms with Gasteiger partial charge in [-0.2, -0.15) is 5.26 Å². The van der Waals surface area contributed by atoms with Gasteiger partial charge in [-0.1, -0.05) is 20.8 Å². The zero-order valence-electron chi connectivity index (χ0n) is 19.9. The fourth-order valence-corrected chi connectivity index (χ4v) is 2.92. The molecule has 0 aliphatic rings. The number of hydrogen-bond acceptors (Lipinski definition) is 5. The van der Waals surface area contributed by atoms with E-state index in [9.17, 15) is 28.7 Å². The van der Waals surface area contributed by atoms with Gasteiger partial charge in [0, 0.05) is 23.5 Å². The number of ether oxygens (including phenoxy) is 1. The quantitative estimate of drug-likeness (QED) is 0.284. The maximum atomic E-state index is 14.0. The van der Waals surface area contributed by atoms with Crippen LogP contribution in [-0.4, -0.2) is 35.8 Å². The van der Waals surface area contributed by atoms with Crippen LogP contribution in [0.3, 0.4) is 0 Å². The normalized spacial score (nSPS) is 11.5. The third-order valence-corrected chi connectivity index (χ3v) is 4.62. The third-order valence-electron chi connectivity index (χ3n) is 4.62. The Morgan fingerprint density at radius 3 is 2.46 bits per heavy atom. The average Bonchev–Trinajstić information content (AvgIpc) is 2.76. The predicted octanol–water partition coefficient (Wildman–Crippen LogP) is 3.50. The number of carbonyl (C=O) groups is 2. The molecule has 0 bridgehead atoms. The van der Waals surface area contributed by atoms with E-state index in [0.717, 1.165) is 11.0 Å². The number of carboxylic acid groups (broad SMARTS) is 1. The fraction of sp³-hybridized carbons (Fsp3) is 0.280. The molecule has 0 unspecified atom stereocenters. The second-order valence-electron chi connectivity index (χ2n) is 8.96. The Morgan fingerprint density at radius 1 is 1.23 bits per heavy atom. The molecule has 10 heteroatoms. The highest BCUT2D eigenvalue weighted by atomic mass is 19.1. The summed E-state index contributed by atoms with van der Waals surface area (Å²) in [5.41, 5.74) is -0.381. The maximum absolute atomic E-state index is 14.0. The number of nitrogens with two attached hydrogens (primary N) is 1. The summed E-state index contributed by atoms with van der Waals surface area (Å²) < 4.78 is 32.9. The van der Waals surface area contributed by atoms with E-state index in [4.69, 9.17) is 10.1 Å². The fourth-order valence-electron chi connectivity index (χ4n) is 2.92. The van der Waals surface area contributed by atoms with Gasteiger partial charge in [-0.3, -0.25) is 19.8 Å². The van der Waals surface area contributed by atoms with Crippen LogP contribution in [0.1, 0.15) is 33.3 Å². The van der Waals surface area contributed by atoms with Gasteiger partial charge < -0.3 is 15.3 Å². The van der Waals surface area contributed by atoms with Crippen LogP contribution in [0.15, 0.2) is 48.2 Å². The third kappa shape index (κ3) is 7.72. The topological polar surface area (TPSA) is 131 Å². The second-order valence-corrected chi connectivity index (χ2v) is 8.96. The summed E-state index contributed by atoms with van der Waals surface area (Å²) in [5, 5.41) is 28.1. The van der Waals surface area contributed by atoms with Crippen molar-refractivity contribution in [2.45, 2.75) is 27.7 Å². The van der Waals surface area contributed by atoms with Crippen LogP contribution in [0, 0.1) is 33.8 Å². The van der Waals surface area contributed by atoms with E-state index in [1.165, 1.54) is 42.7 Å². The number of halogens is 2. The maximum Gasteiger partial charge on any atom is 0.323 e. The standard InChI is InChI=1S/C25H26F2N4O4/c1-15(29)19(12-30-21-7-5-17(26)10-20(21)27)24(34)31(13-23(32)33)18-6-8-22(16(9-18)11-28)35-14-25(2,3)4/h5-10,12,29-30H,13-14H2,1-4H3,(H,32,33)/p+1/b19-12+,29-15?. The lowest BCUT2D eigenvalue weighted by molar-refractivity contribution is -0.499. The summed E-state index contributed by atoms with van der Waals surface area (Å²) in [5.74, 6) is -3.50. The number of carbonyl (C=O) groups excluding carboxylic acids is 1. The number of benzene rings is 2. The lowest BCUT2D eigenvalue weighted by Crippen LogP contribution is -2.72. The van der Waals surface area contributed by atoms with E-state index in [0.29, 0.717) is 12.7 Å². The van der Waals surface area contributed by atoms with Crippen molar-refractivity contribution in [1.29, 1.82) is 10.7 Å². The van der Waals surface area contributed by atoms with Gasteiger partial charge in [0.15, 0.2) is 11.5 Å². The molecule has 0 heterocycles. The minimum absolute atomic E-state index is 0.0187. The van der Waals surface area contributed by atoms with Crippen molar-refractivity contribution in [1.82, 2.24) is 0 Å². The molecule has 0 saturated heterocycles. The molecular formula is C25H27F2N4O4+. The molecule has 2 rings (SSSR count). The summed E-state index contributed by atoms with van der Waals surface area (Å²) >= 11 is 0. The first-order valence-electron chi connectivity index (χ1n) is 10.6. The molecule has 4 N–H and O–H groups in total. The van der Waals surface area contributed by atoms with Gasteiger partial charge in [-0.25, -0.2) is 8.78 Å². The molecule has 35 heavy (non-hydrogen) atoms. The number of nitrogens with one attached hydrogen (secondary N) is 1. The number of aliphatic carboxylic acids is 1. The van der Waals surface area contributed by atoms with Gasteiger partial charge in [0.1, 0.15) is 36.0 Å². The molecule has 0 fully saturated rings. The van der Waals surface area contributed by atoms with Crippen LogP contribution in [0.2, 0.25) is 0 Å². The van der Waals surface area contributed by atoms with Crippen molar-refractivity contribution < 1.29 is 33.5 Å². The summed E-state index contributed by atoms with van der Waals surface area (Å²) in [7, 11) is 0. The number of nitriles is 1. The Morgan fingerprint density at radius 2 is 1.91 bits per heavy atom. The molecule has 0 aromatic heterocycles. The van der Waals surface area contributed by atoms with Gasteiger partial charge in [-0.15, -0.1) is 0 Å². The van der Waals surface area contributed by atoms with E-state index in [1.54, 1.807) is 0 Å². The molecule has 2 aromatic rings. The summed E-state index contributed by atoms with van der Waals surface area (Å²) in [6.45, 7) is 6.78. The summed E-state index contributed by atoms with van der Waals surface area (Å²) in [6.07, 6.45) is 1.17. The van der Waals surface area contributed by atoms with Crippen molar-refractivity contribution >= 4 is 29.0 Å². The van der Waals surface area contributed by atoms with E-state index in [2.05, 4.69) is 0 Å². The van der Waals surface area contributed by atoms with Crippen LogP contribution in [-0.2, 0) is 9.59 Å². The zero-order chi connectivity index (χ0) is 26.3. The summed E-state index contributed by atoms with van der Waals surface area (Å²) in [6, 6.07) is 9.14. The van der Waals surface area contributed by atoms with Crippen LogP contribution >= 0.6 is 0 Å². The lowest BCUT2D eigenvalue weighted by atomic mass is 9.98. The molecule has 184 valence electrons. The van der Waals surface area contributed by atoms with Crippen molar-refractivity contribution in [3.05, 3.63) is 65.4 Å². The van der Waals surface area contributed by atoms with E-state index >= 15 is 0 Å². The second kappa shape index (κ2) is 11.4. The zero-order valence-corrected chi connectivity index (χ0v) is 19.9. The van der Waals surface area contributed by atoms with Crippen LogP contribution in [0.5, 0.6) is 5.75 Å². The van der Waals surface area contributed by atoms with Crippen LogP contribution in [0.25, 0.3) is 0 Å². The highest BCUT2D eigenvalue weighted by molar-refractivity contribution is 6.24. The molecular weight excluding hydrogens is 458 g/mol. The Hall–Kier alpha value is -4.10. The molecule has 0 aliphatic heterocycles. The monoisotopic (exact) mass is 485 g/mol. The van der Waals surface area contributed by atoms with E-state index < -0.39 is 30.1 Å². The van der Waals surface area contributed by atoms with Crippen LogP contribution < -0.4 is 15.0 Å². The molecule has 2 aromatic carbocycles. The molecule has 0 spiro atoms. The van der Waals surface area contributed by atoms with E-state index in [-0.39, 0.29) is 39.4 Å². The Bertz CT molecular complexity index is 1210. The van der Waals surface area contributed by atoms with Crippen molar-refractivity contribution in [2.75, 3.05) is 18.1 Å². The Balaban J connectivity index is 2.43. The SMILES string of the molecule is CC(=N)/C(=C\[NH2+]c1ccc(F)cc1F)C(=O)N(CC(=O)O)c1ccc(OCC(C)(C)C)c(C#N)c1. The number of nitrogens with zero attached hydrogens (tertiary/aromatic N) is 2. The van der Waals surface area contributed by atoms with E-state index in [1.807, 2.05) is 26.8 Å². The van der Waals surface area contributed by atoms with Gasteiger partial charge in [0.25, 0.3) is 5.91 Å². The number of anilines is 1. The van der Waals surface area contributed by atoms with Crippen molar-refractivity contribution in [3.63, 3.8) is 0 Å². The van der Waals surface area contributed by atoms with Gasteiger partial charge in [0.2, 0.25) is 0 Å². The number of quaternary nitrogens is 1. The Kier molecular flexibility index (Phi) is 8.81. The van der Waals surface area contributed by atoms with Crippen LogP contribution in [0.4, 0.5) is 20.2 Å². The average molecular weight is 486 g/mol. The molecule has 1 amide bonds. The van der Waals surface area contributed by atoms with Gasteiger partial charge in [0.05, 0.1) is 12.2 Å². The minimum atomic E-state index is -1.32. The van der Waals surface area contributed by atoms with Crippen molar-refractivity contribution in [3.8, 4) is 11.8 Å². The van der Waals surface area contributed by atoms with Gasteiger partial charge in [-0.05, 0) is 36.6 Å². The highest BCUT2D eigenvalue weighted by Crippen LogP contribution is 2.27. The molecule has 0 radical (unpaired) electrons. The summed E-state index contributed by atoms with van der Waals surface area (Å²) in [4.78, 5) is 25.7. The smallest absolute Gasteiger partial charge is 0.323 e. The molecule has 8 nitrogen and oxygen atoms in total. The minimum Gasteiger partial charge on any atom is -0.492 e. The lowest BCUT2D eigenvalue weighted by Gasteiger charge is -2.23. The van der Waals surface area contributed by atoms with Gasteiger partial charge >= 0.3 is 5.97 Å². The largest absolute Gasteiger partial charge is 0.492 e. The first-order chi connectivity index (χ1) is 16.3. The first-order valence-corrected chi connectivity index (χ1v) is 10.6. The highest BCUT2D eigenvalue weighted by Gasteiger charge is 2.26.